The summed E-state index contributed by atoms with van der Waals surface area (Å²) in [5.41, 5.74) is 1.17. The molecule has 0 atom stereocenters. The fourth-order valence-electron chi connectivity index (χ4n) is 2.26. The molecule has 0 aromatic carbocycles. The van der Waals surface area contributed by atoms with E-state index in [0.29, 0.717) is 5.92 Å². The lowest BCUT2D eigenvalue weighted by molar-refractivity contribution is -0.142. The standard InChI is InChI=1S/C12H17NO2S/c1-2-10-7-16-11(13-10)8-3-5-9(6-4-8)12(14)15/h7-9H,2-6H2,1H3,(H,14,15). The zero-order valence-corrected chi connectivity index (χ0v) is 10.3. The van der Waals surface area contributed by atoms with E-state index >= 15 is 0 Å². The number of aliphatic carboxylic acids is 1. The van der Waals surface area contributed by atoms with Crippen molar-refractivity contribution in [2.45, 2.75) is 44.9 Å². The van der Waals surface area contributed by atoms with Gasteiger partial charge in [-0.2, -0.15) is 0 Å². The minimum atomic E-state index is -0.633. The van der Waals surface area contributed by atoms with Crippen LogP contribution in [0.4, 0.5) is 0 Å². The molecular formula is C12H17NO2S. The summed E-state index contributed by atoms with van der Waals surface area (Å²) in [7, 11) is 0. The van der Waals surface area contributed by atoms with Crippen LogP contribution < -0.4 is 0 Å². The number of hydrogen-bond acceptors (Lipinski definition) is 3. The largest absolute Gasteiger partial charge is 0.481 e. The van der Waals surface area contributed by atoms with Gasteiger partial charge in [0.2, 0.25) is 0 Å². The van der Waals surface area contributed by atoms with Gasteiger partial charge in [0.05, 0.1) is 16.6 Å². The number of carboxylic acid groups (broad SMARTS) is 1. The van der Waals surface area contributed by atoms with Gasteiger partial charge in [0.25, 0.3) is 0 Å². The van der Waals surface area contributed by atoms with Crippen LogP contribution in [0.1, 0.15) is 49.2 Å². The van der Waals surface area contributed by atoms with Crippen molar-refractivity contribution >= 4 is 17.3 Å². The topological polar surface area (TPSA) is 50.2 Å². The predicted octanol–water partition coefficient (Wildman–Crippen LogP) is 3.06. The third kappa shape index (κ3) is 2.43. The Balaban J connectivity index is 1.96. The third-order valence-electron chi connectivity index (χ3n) is 3.36. The quantitative estimate of drug-likeness (QED) is 0.882. The highest BCUT2D eigenvalue weighted by molar-refractivity contribution is 7.09. The van der Waals surface area contributed by atoms with Crippen LogP contribution in [0.25, 0.3) is 0 Å². The van der Waals surface area contributed by atoms with Crippen molar-refractivity contribution in [1.29, 1.82) is 0 Å². The molecule has 0 bridgehead atoms. The fourth-order valence-corrected chi connectivity index (χ4v) is 3.33. The van der Waals surface area contributed by atoms with Gasteiger partial charge in [0.1, 0.15) is 0 Å². The van der Waals surface area contributed by atoms with E-state index in [1.54, 1.807) is 11.3 Å². The molecule has 1 aliphatic rings. The maximum absolute atomic E-state index is 10.8. The molecule has 1 N–H and O–H groups in total. The predicted molar refractivity (Wildman–Crippen MR) is 63.8 cm³/mol. The first-order valence-electron chi connectivity index (χ1n) is 5.87. The summed E-state index contributed by atoms with van der Waals surface area (Å²) in [6.45, 7) is 2.11. The summed E-state index contributed by atoms with van der Waals surface area (Å²) in [4.78, 5) is 15.4. The molecule has 2 rings (SSSR count). The Morgan fingerprint density at radius 2 is 2.19 bits per heavy atom. The lowest BCUT2D eigenvalue weighted by atomic mass is 9.82. The van der Waals surface area contributed by atoms with Crippen molar-refractivity contribution < 1.29 is 9.90 Å². The van der Waals surface area contributed by atoms with Crippen LogP contribution in [0.2, 0.25) is 0 Å². The van der Waals surface area contributed by atoms with Crippen LogP contribution in [-0.2, 0) is 11.2 Å². The maximum Gasteiger partial charge on any atom is 0.306 e. The SMILES string of the molecule is CCc1csc(C2CCC(C(=O)O)CC2)n1. The zero-order chi connectivity index (χ0) is 11.5. The van der Waals surface area contributed by atoms with Crippen molar-refractivity contribution in [3.8, 4) is 0 Å². The molecule has 0 spiro atoms. The molecule has 0 radical (unpaired) electrons. The number of carbonyl (C=O) groups is 1. The second kappa shape index (κ2) is 4.95. The fraction of sp³-hybridized carbons (Fsp3) is 0.667. The summed E-state index contributed by atoms with van der Waals surface area (Å²) < 4.78 is 0. The molecular weight excluding hydrogens is 222 g/mol. The average molecular weight is 239 g/mol. The molecule has 0 unspecified atom stereocenters. The number of aryl methyl sites for hydroxylation is 1. The van der Waals surface area contributed by atoms with Gasteiger partial charge in [-0.3, -0.25) is 4.79 Å². The van der Waals surface area contributed by atoms with E-state index in [-0.39, 0.29) is 5.92 Å². The van der Waals surface area contributed by atoms with Crippen LogP contribution in [-0.4, -0.2) is 16.1 Å². The molecule has 1 heterocycles. The van der Waals surface area contributed by atoms with E-state index in [1.165, 1.54) is 10.7 Å². The van der Waals surface area contributed by atoms with Gasteiger partial charge in [0.15, 0.2) is 0 Å². The van der Waals surface area contributed by atoms with Crippen molar-refractivity contribution in [2.75, 3.05) is 0 Å². The van der Waals surface area contributed by atoms with Crippen LogP contribution in [0, 0.1) is 5.92 Å². The average Bonchev–Trinajstić information content (AvgIpc) is 2.77. The summed E-state index contributed by atoms with van der Waals surface area (Å²) in [6.07, 6.45) is 4.56. The normalized spacial score (nSPS) is 25.6. The van der Waals surface area contributed by atoms with Crippen LogP contribution in [0.5, 0.6) is 0 Å². The summed E-state index contributed by atoms with van der Waals surface area (Å²) in [5, 5.41) is 12.3. The van der Waals surface area contributed by atoms with E-state index in [0.717, 1.165) is 32.1 Å². The molecule has 0 amide bonds. The first-order chi connectivity index (χ1) is 7.70. The number of aromatic nitrogens is 1. The van der Waals surface area contributed by atoms with Gasteiger partial charge in [-0.1, -0.05) is 6.92 Å². The molecule has 88 valence electrons. The number of hydrogen-bond donors (Lipinski definition) is 1. The first-order valence-corrected chi connectivity index (χ1v) is 6.75. The molecule has 0 aliphatic heterocycles. The summed E-state index contributed by atoms with van der Waals surface area (Å²) >= 11 is 1.73. The highest BCUT2D eigenvalue weighted by Gasteiger charge is 2.27. The minimum Gasteiger partial charge on any atom is -0.481 e. The van der Waals surface area contributed by atoms with Crippen LogP contribution in [0.3, 0.4) is 0 Å². The van der Waals surface area contributed by atoms with Gasteiger partial charge in [-0.25, -0.2) is 4.98 Å². The van der Waals surface area contributed by atoms with Crippen LogP contribution >= 0.6 is 11.3 Å². The van der Waals surface area contributed by atoms with Gasteiger partial charge in [0, 0.05) is 11.3 Å². The van der Waals surface area contributed by atoms with Gasteiger partial charge in [-0.15, -0.1) is 11.3 Å². The molecule has 0 saturated heterocycles. The van der Waals surface area contributed by atoms with Gasteiger partial charge >= 0.3 is 5.97 Å². The van der Waals surface area contributed by atoms with E-state index in [1.807, 2.05) is 0 Å². The number of thiazole rings is 1. The first kappa shape index (κ1) is 11.6. The van der Waals surface area contributed by atoms with E-state index < -0.39 is 5.97 Å². The van der Waals surface area contributed by atoms with Crippen molar-refractivity contribution in [1.82, 2.24) is 4.98 Å². The smallest absolute Gasteiger partial charge is 0.306 e. The molecule has 1 saturated carbocycles. The van der Waals surface area contributed by atoms with Gasteiger partial charge < -0.3 is 5.11 Å². The monoisotopic (exact) mass is 239 g/mol. The Hall–Kier alpha value is -0.900. The molecule has 1 aromatic heterocycles. The summed E-state index contributed by atoms with van der Waals surface area (Å²) in [6, 6.07) is 0. The number of rotatable bonds is 3. The van der Waals surface area contributed by atoms with E-state index in [9.17, 15) is 4.79 Å². The highest BCUT2D eigenvalue weighted by atomic mass is 32.1. The van der Waals surface area contributed by atoms with E-state index in [2.05, 4.69) is 17.3 Å². The molecule has 4 heteroatoms. The lowest BCUT2D eigenvalue weighted by Crippen LogP contribution is -2.20. The molecule has 3 nitrogen and oxygen atoms in total. The van der Waals surface area contributed by atoms with Crippen molar-refractivity contribution in [2.24, 2.45) is 5.92 Å². The third-order valence-corrected chi connectivity index (χ3v) is 4.41. The molecule has 1 fully saturated rings. The Morgan fingerprint density at radius 3 is 2.69 bits per heavy atom. The van der Waals surface area contributed by atoms with Crippen LogP contribution in [0.15, 0.2) is 5.38 Å². The number of nitrogens with zero attached hydrogens (tertiary/aromatic N) is 1. The Labute approximate surface area is 99.5 Å². The molecule has 1 aromatic rings. The maximum atomic E-state index is 10.8. The minimum absolute atomic E-state index is 0.123. The molecule has 16 heavy (non-hydrogen) atoms. The Bertz CT molecular complexity index is 367. The molecule has 1 aliphatic carbocycles. The van der Waals surface area contributed by atoms with Crippen molar-refractivity contribution in [3.63, 3.8) is 0 Å². The Morgan fingerprint density at radius 1 is 1.50 bits per heavy atom. The second-order valence-corrected chi connectivity index (χ2v) is 5.31. The highest BCUT2D eigenvalue weighted by Crippen LogP contribution is 2.37. The van der Waals surface area contributed by atoms with Crippen molar-refractivity contribution in [3.05, 3.63) is 16.1 Å². The zero-order valence-electron chi connectivity index (χ0n) is 9.48. The summed E-state index contributed by atoms with van der Waals surface area (Å²) in [5.74, 6) is -0.255. The van der Waals surface area contributed by atoms with E-state index in [4.69, 9.17) is 5.11 Å². The Kier molecular flexibility index (Phi) is 3.59. The number of carboxylic acids is 1. The second-order valence-electron chi connectivity index (χ2n) is 4.42. The van der Waals surface area contributed by atoms with Gasteiger partial charge in [-0.05, 0) is 32.1 Å². The lowest BCUT2D eigenvalue weighted by Gasteiger charge is -2.24.